The number of carbonyl (C=O) groups excluding carboxylic acids is 2. The van der Waals surface area contributed by atoms with E-state index in [1.807, 2.05) is 34.6 Å². The van der Waals surface area contributed by atoms with E-state index in [2.05, 4.69) is 16.9 Å². The molecule has 7 nitrogen and oxygen atoms in total. The summed E-state index contributed by atoms with van der Waals surface area (Å²) in [6.45, 7) is 6.25. The van der Waals surface area contributed by atoms with Crippen LogP contribution >= 0.6 is 11.8 Å². The zero-order chi connectivity index (χ0) is 22.7. The molecular weight excluding hydrogens is 426 g/mol. The Morgan fingerprint density at radius 3 is 2.84 bits per heavy atom. The number of nitrogens with zero attached hydrogens (tertiary/aromatic N) is 2. The van der Waals surface area contributed by atoms with Crippen LogP contribution in [0.15, 0.2) is 64.3 Å². The van der Waals surface area contributed by atoms with Gasteiger partial charge in [0.15, 0.2) is 5.17 Å². The van der Waals surface area contributed by atoms with E-state index in [1.54, 1.807) is 14.0 Å². The number of rotatable bonds is 9. The maximum atomic E-state index is 13.1. The molecule has 1 amide bonds. The molecule has 1 N–H and O–H groups in total. The zero-order valence-electron chi connectivity index (χ0n) is 18.3. The minimum atomic E-state index is -0.520. The summed E-state index contributed by atoms with van der Waals surface area (Å²) in [7, 11) is 1.60. The van der Waals surface area contributed by atoms with Gasteiger partial charge in [-0.2, -0.15) is 0 Å². The van der Waals surface area contributed by atoms with Gasteiger partial charge in [0.1, 0.15) is 12.4 Å². The van der Waals surface area contributed by atoms with E-state index in [-0.39, 0.29) is 18.9 Å². The van der Waals surface area contributed by atoms with Crippen molar-refractivity contribution in [2.24, 2.45) is 10.9 Å². The molecule has 0 radical (unpaired) electrons. The lowest BCUT2D eigenvalue weighted by atomic mass is 9.93. The summed E-state index contributed by atoms with van der Waals surface area (Å²) in [4.78, 5) is 32.3. The Labute approximate surface area is 192 Å². The molecule has 4 rings (SSSR count). The van der Waals surface area contributed by atoms with E-state index < -0.39 is 12.0 Å². The number of amides is 1. The normalized spacial score (nSPS) is 19.7. The van der Waals surface area contributed by atoms with Crippen molar-refractivity contribution >= 4 is 28.8 Å². The van der Waals surface area contributed by atoms with Gasteiger partial charge in [-0.1, -0.05) is 42.6 Å². The van der Waals surface area contributed by atoms with E-state index in [0.717, 1.165) is 16.4 Å². The highest BCUT2D eigenvalue weighted by molar-refractivity contribution is 8.16. The predicted octanol–water partition coefficient (Wildman–Crippen LogP) is 3.92. The van der Waals surface area contributed by atoms with Crippen LogP contribution in [0.4, 0.5) is 0 Å². The van der Waals surface area contributed by atoms with Crippen molar-refractivity contribution in [3.8, 4) is 5.75 Å². The quantitative estimate of drug-likeness (QED) is 0.451. The molecule has 0 unspecified atom stereocenters. The highest BCUT2D eigenvalue weighted by Gasteiger charge is 2.42. The first-order valence-electron chi connectivity index (χ1n) is 10.7. The van der Waals surface area contributed by atoms with E-state index in [0.29, 0.717) is 29.5 Å². The molecule has 0 spiro atoms. The number of esters is 1. The van der Waals surface area contributed by atoms with Gasteiger partial charge in [0.2, 0.25) is 5.91 Å². The van der Waals surface area contributed by atoms with Crippen LogP contribution in [0.2, 0.25) is 0 Å². The van der Waals surface area contributed by atoms with Crippen molar-refractivity contribution in [2.45, 2.75) is 32.2 Å². The molecule has 1 aliphatic carbocycles. The number of hydrogen-bond acceptors (Lipinski definition) is 7. The fourth-order valence-electron chi connectivity index (χ4n) is 3.84. The monoisotopic (exact) mass is 453 g/mol. The number of thioether (sulfide) groups is 1. The van der Waals surface area contributed by atoms with Gasteiger partial charge in [-0.15, -0.1) is 0 Å². The summed E-state index contributed by atoms with van der Waals surface area (Å²) in [5.41, 5.74) is 2.60. The fraction of sp³-hybridized carbons (Fsp3) is 0.375. The number of fused-ring (bicyclic) bond motifs is 1. The molecule has 1 aromatic rings. The first kappa shape index (κ1) is 22.2. The van der Waals surface area contributed by atoms with Gasteiger partial charge in [0.05, 0.1) is 30.8 Å². The van der Waals surface area contributed by atoms with Crippen molar-refractivity contribution < 1.29 is 19.1 Å². The number of hydrogen-bond donors (Lipinski definition) is 1. The molecule has 1 atom stereocenters. The molecule has 0 saturated heterocycles. The first-order chi connectivity index (χ1) is 15.5. The molecule has 1 aromatic carbocycles. The number of carbonyl (C=O) groups is 2. The van der Waals surface area contributed by atoms with Gasteiger partial charge in [-0.3, -0.25) is 4.79 Å². The van der Waals surface area contributed by atoms with Crippen molar-refractivity contribution in [1.29, 1.82) is 0 Å². The van der Waals surface area contributed by atoms with Crippen molar-refractivity contribution in [2.75, 3.05) is 20.3 Å². The minimum absolute atomic E-state index is 0.0363. The van der Waals surface area contributed by atoms with Gasteiger partial charge in [-0.25, -0.2) is 9.79 Å². The Kier molecular flexibility index (Phi) is 6.69. The standard InChI is InChI=1S/C24H27N3O4S/c1-4-11-31-23(29)21-15(2)26-24-27(22(21)18-7-5-6-8-19(18)30-3)17(14-32-24)12-20(28)25-13-16-9-10-16/h4-8,14,16,22H,1,9-13H2,2-3H3,(H,25,28)/t22-/m0/s1. The zero-order valence-corrected chi connectivity index (χ0v) is 19.1. The van der Waals surface area contributed by atoms with E-state index in [9.17, 15) is 9.59 Å². The van der Waals surface area contributed by atoms with Crippen LogP contribution in [0.1, 0.15) is 37.8 Å². The van der Waals surface area contributed by atoms with Crippen LogP contribution in [0.5, 0.6) is 5.75 Å². The van der Waals surface area contributed by atoms with Gasteiger partial charge in [0, 0.05) is 17.8 Å². The van der Waals surface area contributed by atoms with Gasteiger partial charge >= 0.3 is 5.97 Å². The molecule has 32 heavy (non-hydrogen) atoms. The van der Waals surface area contributed by atoms with Crippen LogP contribution < -0.4 is 10.1 Å². The van der Waals surface area contributed by atoms with Crippen LogP contribution in [0.25, 0.3) is 0 Å². The highest BCUT2D eigenvalue weighted by Crippen LogP contribution is 2.46. The lowest BCUT2D eigenvalue weighted by Gasteiger charge is -2.36. The fourth-order valence-corrected chi connectivity index (χ4v) is 4.80. The SMILES string of the molecule is C=CCOC(=O)C1=C(C)N=C2SC=C(CC(=O)NCC3CC3)N2[C@H]1c1ccccc1OC. The lowest BCUT2D eigenvalue weighted by Crippen LogP contribution is -2.38. The second-order valence-corrected chi connectivity index (χ2v) is 8.78. The first-order valence-corrected chi connectivity index (χ1v) is 11.5. The number of nitrogens with one attached hydrogen (secondary N) is 1. The third-order valence-corrected chi connectivity index (χ3v) is 6.50. The minimum Gasteiger partial charge on any atom is -0.496 e. The summed E-state index contributed by atoms with van der Waals surface area (Å²) in [5.74, 6) is 0.757. The Hall–Kier alpha value is -3.00. The summed E-state index contributed by atoms with van der Waals surface area (Å²) < 4.78 is 11.0. The average Bonchev–Trinajstić information content (AvgIpc) is 3.55. The predicted molar refractivity (Wildman–Crippen MR) is 125 cm³/mol. The number of aliphatic imine (C=N–C) groups is 1. The largest absolute Gasteiger partial charge is 0.496 e. The molecule has 0 bridgehead atoms. The number of benzene rings is 1. The Morgan fingerprint density at radius 2 is 2.12 bits per heavy atom. The van der Waals surface area contributed by atoms with E-state index >= 15 is 0 Å². The maximum Gasteiger partial charge on any atom is 0.338 e. The summed E-state index contributed by atoms with van der Waals surface area (Å²) in [6.07, 6.45) is 4.10. The molecule has 8 heteroatoms. The van der Waals surface area contributed by atoms with Gasteiger partial charge < -0.3 is 19.7 Å². The van der Waals surface area contributed by atoms with E-state index in [1.165, 1.54) is 30.7 Å². The molecule has 168 valence electrons. The summed E-state index contributed by atoms with van der Waals surface area (Å²) in [5, 5.41) is 5.68. The second-order valence-electron chi connectivity index (χ2n) is 7.95. The van der Waals surface area contributed by atoms with Crippen molar-refractivity contribution in [3.05, 3.63) is 64.9 Å². The number of methoxy groups -OCH3 is 1. The van der Waals surface area contributed by atoms with Crippen LogP contribution in [0, 0.1) is 5.92 Å². The van der Waals surface area contributed by atoms with Crippen LogP contribution in [0.3, 0.4) is 0 Å². The number of para-hydroxylation sites is 1. The maximum absolute atomic E-state index is 13.1. The molecule has 2 heterocycles. The highest BCUT2D eigenvalue weighted by atomic mass is 32.2. The summed E-state index contributed by atoms with van der Waals surface area (Å²) >= 11 is 1.45. The molecule has 3 aliphatic rings. The molecule has 1 fully saturated rings. The van der Waals surface area contributed by atoms with Crippen LogP contribution in [-0.2, 0) is 14.3 Å². The Morgan fingerprint density at radius 1 is 1.34 bits per heavy atom. The topological polar surface area (TPSA) is 80.2 Å². The summed E-state index contributed by atoms with van der Waals surface area (Å²) in [6, 6.07) is 7.05. The van der Waals surface area contributed by atoms with Gasteiger partial charge in [-0.05, 0) is 37.2 Å². The van der Waals surface area contributed by atoms with Gasteiger partial charge in [0.25, 0.3) is 0 Å². The smallest absolute Gasteiger partial charge is 0.338 e. The van der Waals surface area contributed by atoms with Crippen molar-refractivity contribution in [1.82, 2.24) is 10.2 Å². The lowest BCUT2D eigenvalue weighted by molar-refractivity contribution is -0.138. The Bertz CT molecular complexity index is 1030. The Balaban J connectivity index is 1.69. The number of amidine groups is 1. The number of ether oxygens (including phenoxy) is 2. The third-order valence-electron chi connectivity index (χ3n) is 5.61. The average molecular weight is 454 g/mol. The molecule has 1 saturated carbocycles. The second kappa shape index (κ2) is 9.65. The number of allylic oxidation sites excluding steroid dienone is 1. The van der Waals surface area contributed by atoms with Crippen molar-refractivity contribution in [3.63, 3.8) is 0 Å². The van der Waals surface area contributed by atoms with E-state index in [4.69, 9.17) is 9.47 Å². The van der Waals surface area contributed by atoms with Crippen LogP contribution in [-0.4, -0.2) is 42.2 Å². The molecular formula is C24H27N3O4S. The molecule has 2 aliphatic heterocycles. The third kappa shape index (κ3) is 4.60. The molecule has 0 aromatic heterocycles.